The number of rotatable bonds is 7. The second kappa shape index (κ2) is 7.99. The lowest BCUT2D eigenvalue weighted by molar-refractivity contribution is -0.145. The van der Waals surface area contributed by atoms with Gasteiger partial charge in [0.25, 0.3) is 0 Å². The number of halogens is 1. The molecule has 2 heterocycles. The smallest absolute Gasteiger partial charge is 0.306 e. The molecule has 0 radical (unpaired) electrons. The summed E-state index contributed by atoms with van der Waals surface area (Å²) in [5.41, 5.74) is 0.785. The third-order valence-corrected chi connectivity index (χ3v) is 3.29. The highest BCUT2D eigenvalue weighted by Gasteiger charge is 2.10. The van der Waals surface area contributed by atoms with Gasteiger partial charge < -0.3 is 9.26 Å². The number of thioether (sulfide) groups is 1. The lowest BCUT2D eigenvalue weighted by Gasteiger charge is -2.03. The first-order valence-corrected chi connectivity index (χ1v) is 8.01. The molecule has 0 atom stereocenters. The number of esters is 1. The molecule has 0 bridgehead atoms. The van der Waals surface area contributed by atoms with Gasteiger partial charge in [-0.25, -0.2) is 4.98 Å². The third-order valence-electron chi connectivity index (χ3n) is 2.52. The minimum Gasteiger partial charge on any atom is -0.461 e. The van der Waals surface area contributed by atoms with E-state index in [9.17, 15) is 4.79 Å². The minimum atomic E-state index is -0.324. The summed E-state index contributed by atoms with van der Waals surface area (Å²) < 4.78 is 10.2. The van der Waals surface area contributed by atoms with Crippen molar-refractivity contribution < 1.29 is 14.1 Å². The van der Waals surface area contributed by atoms with Gasteiger partial charge in [0.05, 0.1) is 12.2 Å². The predicted octanol–water partition coefficient (Wildman–Crippen LogP) is 2.66. The summed E-state index contributed by atoms with van der Waals surface area (Å²) in [4.78, 5) is 19.7. The predicted molar refractivity (Wildman–Crippen MR) is 78.9 cm³/mol. The van der Waals surface area contributed by atoms with Crippen LogP contribution in [0.5, 0.6) is 0 Å². The van der Waals surface area contributed by atoms with Crippen LogP contribution in [0.3, 0.4) is 0 Å². The molecule has 0 aromatic carbocycles. The number of carbonyl (C=O) groups is 1. The molecule has 112 valence electrons. The molecule has 0 fully saturated rings. The standard InChI is InChI=1S/C13H14ClN3O3S/c1-21-8-11-16-12(20-17-11)4-5-13(18)19-7-9-2-3-10(14)15-6-9/h2-3,6H,4-5,7-8H2,1H3. The largest absolute Gasteiger partial charge is 0.461 e. The molecule has 2 rings (SSSR count). The Balaban J connectivity index is 1.72. The minimum absolute atomic E-state index is 0.171. The Labute approximate surface area is 131 Å². The van der Waals surface area contributed by atoms with Gasteiger partial charge in [-0.3, -0.25) is 4.79 Å². The normalized spacial score (nSPS) is 10.6. The molecule has 2 aromatic rings. The zero-order chi connectivity index (χ0) is 15.1. The van der Waals surface area contributed by atoms with Crippen molar-refractivity contribution in [2.24, 2.45) is 0 Å². The van der Waals surface area contributed by atoms with Crippen molar-refractivity contribution in [2.75, 3.05) is 6.26 Å². The van der Waals surface area contributed by atoms with Crippen molar-refractivity contribution in [1.29, 1.82) is 0 Å². The van der Waals surface area contributed by atoms with Crippen LogP contribution in [0.25, 0.3) is 0 Å². The summed E-state index contributed by atoms with van der Waals surface area (Å²) in [6, 6.07) is 3.41. The van der Waals surface area contributed by atoms with E-state index in [1.54, 1.807) is 30.1 Å². The zero-order valence-corrected chi connectivity index (χ0v) is 13.0. The molecule has 8 heteroatoms. The molecular weight excluding hydrogens is 314 g/mol. The molecule has 2 aromatic heterocycles. The molecule has 0 unspecified atom stereocenters. The number of aromatic nitrogens is 3. The van der Waals surface area contributed by atoms with Crippen LogP contribution in [0.4, 0.5) is 0 Å². The van der Waals surface area contributed by atoms with E-state index in [-0.39, 0.29) is 19.0 Å². The Bertz CT molecular complexity index is 589. The first-order chi connectivity index (χ1) is 10.2. The van der Waals surface area contributed by atoms with Gasteiger partial charge >= 0.3 is 5.97 Å². The van der Waals surface area contributed by atoms with Crippen molar-refractivity contribution in [2.45, 2.75) is 25.2 Å². The average molecular weight is 328 g/mol. The first-order valence-electron chi connectivity index (χ1n) is 6.24. The Morgan fingerprint density at radius 3 is 3.05 bits per heavy atom. The van der Waals surface area contributed by atoms with Crippen LogP contribution in [-0.4, -0.2) is 27.3 Å². The Kier molecular flexibility index (Phi) is 6.01. The van der Waals surface area contributed by atoms with Crippen LogP contribution in [-0.2, 0) is 28.3 Å². The molecule has 0 spiro atoms. The maximum atomic E-state index is 11.6. The van der Waals surface area contributed by atoms with Gasteiger partial charge in [-0.2, -0.15) is 16.7 Å². The highest BCUT2D eigenvalue weighted by molar-refractivity contribution is 7.97. The maximum absolute atomic E-state index is 11.6. The van der Waals surface area contributed by atoms with Gasteiger partial charge in [0, 0.05) is 18.2 Å². The highest BCUT2D eigenvalue weighted by atomic mass is 35.5. The molecule has 0 N–H and O–H groups in total. The molecule has 0 saturated carbocycles. The fourth-order valence-corrected chi connectivity index (χ4v) is 2.00. The van der Waals surface area contributed by atoms with Gasteiger partial charge in [-0.15, -0.1) is 0 Å². The average Bonchev–Trinajstić information content (AvgIpc) is 2.93. The van der Waals surface area contributed by atoms with Crippen molar-refractivity contribution in [3.63, 3.8) is 0 Å². The quantitative estimate of drug-likeness (QED) is 0.571. The van der Waals surface area contributed by atoms with Crippen LogP contribution in [0.15, 0.2) is 22.9 Å². The van der Waals surface area contributed by atoms with Crippen LogP contribution in [0.2, 0.25) is 5.15 Å². The van der Waals surface area contributed by atoms with E-state index in [0.29, 0.717) is 29.0 Å². The number of nitrogens with zero attached hydrogens (tertiary/aromatic N) is 3. The monoisotopic (exact) mass is 327 g/mol. The maximum Gasteiger partial charge on any atom is 0.306 e. The Hall–Kier alpha value is -1.60. The number of carbonyl (C=O) groups excluding carboxylic acids is 1. The van der Waals surface area contributed by atoms with Crippen molar-refractivity contribution in [3.05, 3.63) is 40.8 Å². The third kappa shape index (κ3) is 5.35. The van der Waals surface area contributed by atoms with Gasteiger partial charge in [0.2, 0.25) is 5.89 Å². The molecular formula is C13H14ClN3O3S. The van der Waals surface area contributed by atoms with Crippen molar-refractivity contribution >= 4 is 29.3 Å². The molecule has 0 aliphatic rings. The van der Waals surface area contributed by atoms with E-state index in [2.05, 4.69) is 15.1 Å². The first kappa shape index (κ1) is 15.8. The fourth-order valence-electron chi connectivity index (χ4n) is 1.52. The van der Waals surface area contributed by atoms with Gasteiger partial charge in [-0.1, -0.05) is 22.8 Å². The molecule has 0 aliphatic heterocycles. The molecule has 0 saturated heterocycles. The summed E-state index contributed by atoms with van der Waals surface area (Å²) >= 11 is 7.28. The second-order valence-electron chi connectivity index (χ2n) is 4.19. The summed E-state index contributed by atoms with van der Waals surface area (Å²) in [6.07, 6.45) is 4.10. The molecule has 21 heavy (non-hydrogen) atoms. The summed E-state index contributed by atoms with van der Waals surface area (Å²) in [5.74, 6) is 1.45. The summed E-state index contributed by atoms with van der Waals surface area (Å²) in [6.45, 7) is 0.171. The SMILES string of the molecule is CSCc1noc(CCC(=O)OCc2ccc(Cl)nc2)n1. The zero-order valence-electron chi connectivity index (χ0n) is 11.4. The number of pyridine rings is 1. The van der Waals surface area contributed by atoms with E-state index in [4.69, 9.17) is 20.9 Å². The lowest BCUT2D eigenvalue weighted by Crippen LogP contribution is -2.06. The number of aryl methyl sites for hydroxylation is 1. The van der Waals surface area contributed by atoms with Crippen LogP contribution in [0, 0.1) is 0 Å². The highest BCUT2D eigenvalue weighted by Crippen LogP contribution is 2.09. The molecule has 6 nitrogen and oxygen atoms in total. The molecule has 0 amide bonds. The van der Waals surface area contributed by atoms with Gasteiger partial charge in [0.1, 0.15) is 11.8 Å². The number of ether oxygens (including phenoxy) is 1. The van der Waals surface area contributed by atoms with E-state index >= 15 is 0 Å². The van der Waals surface area contributed by atoms with E-state index < -0.39 is 0 Å². The van der Waals surface area contributed by atoms with Crippen molar-refractivity contribution in [3.8, 4) is 0 Å². The van der Waals surface area contributed by atoms with Crippen molar-refractivity contribution in [1.82, 2.24) is 15.1 Å². The van der Waals surface area contributed by atoms with E-state index in [1.807, 2.05) is 6.26 Å². The Morgan fingerprint density at radius 2 is 2.33 bits per heavy atom. The second-order valence-corrected chi connectivity index (χ2v) is 5.44. The van der Waals surface area contributed by atoms with Gasteiger partial charge in [-0.05, 0) is 12.3 Å². The summed E-state index contributed by atoms with van der Waals surface area (Å²) in [7, 11) is 0. The Morgan fingerprint density at radius 1 is 1.48 bits per heavy atom. The summed E-state index contributed by atoms with van der Waals surface area (Å²) in [5, 5.41) is 4.21. The van der Waals surface area contributed by atoms with Crippen LogP contribution in [0.1, 0.15) is 23.7 Å². The topological polar surface area (TPSA) is 78.1 Å². The molecule has 0 aliphatic carbocycles. The van der Waals surface area contributed by atoms with Crippen LogP contribution < -0.4 is 0 Å². The van der Waals surface area contributed by atoms with E-state index in [1.165, 1.54) is 0 Å². The van der Waals surface area contributed by atoms with E-state index in [0.717, 1.165) is 5.56 Å². The fraction of sp³-hybridized carbons (Fsp3) is 0.385. The lowest BCUT2D eigenvalue weighted by atomic mass is 10.3. The van der Waals surface area contributed by atoms with Crippen LogP contribution >= 0.6 is 23.4 Å². The number of hydrogen-bond donors (Lipinski definition) is 0. The van der Waals surface area contributed by atoms with Gasteiger partial charge in [0.15, 0.2) is 5.82 Å². The number of hydrogen-bond acceptors (Lipinski definition) is 7.